The van der Waals surface area contributed by atoms with E-state index < -0.39 is 0 Å². The third-order valence-electron chi connectivity index (χ3n) is 1.84. The van der Waals surface area contributed by atoms with Crippen LogP contribution < -0.4 is 4.74 Å². The van der Waals surface area contributed by atoms with Gasteiger partial charge in [0.25, 0.3) is 0 Å². The Morgan fingerprint density at radius 1 is 1.50 bits per heavy atom. The zero-order valence-corrected chi connectivity index (χ0v) is 8.24. The van der Waals surface area contributed by atoms with Crippen LogP contribution in [0.3, 0.4) is 0 Å². The Balaban J connectivity index is 3.27. The lowest BCUT2D eigenvalue weighted by Crippen LogP contribution is -2.03. The molecule has 0 spiro atoms. The standard InChI is InChI=1S/C11H12O3/c1-3-14-11-9(7-12)5-4-6-10(11)8(2)13/h4-7H,3H2,1-2H3. The highest BCUT2D eigenvalue weighted by molar-refractivity contribution is 5.99. The number of rotatable bonds is 4. The second-order valence-corrected chi connectivity index (χ2v) is 2.83. The van der Waals surface area contributed by atoms with Gasteiger partial charge in [-0.05, 0) is 26.0 Å². The zero-order chi connectivity index (χ0) is 10.6. The summed E-state index contributed by atoms with van der Waals surface area (Å²) in [6.07, 6.45) is 0.692. The Labute approximate surface area is 82.7 Å². The smallest absolute Gasteiger partial charge is 0.163 e. The maximum absolute atomic E-state index is 11.2. The molecule has 0 radical (unpaired) electrons. The van der Waals surface area contributed by atoms with Crippen LogP contribution in [0.5, 0.6) is 5.75 Å². The first kappa shape index (κ1) is 10.4. The van der Waals surface area contributed by atoms with Crippen molar-refractivity contribution in [1.82, 2.24) is 0 Å². The fourth-order valence-electron chi connectivity index (χ4n) is 1.23. The van der Waals surface area contributed by atoms with E-state index in [0.29, 0.717) is 29.8 Å². The summed E-state index contributed by atoms with van der Waals surface area (Å²) in [6, 6.07) is 4.95. The van der Waals surface area contributed by atoms with Gasteiger partial charge in [0.05, 0.1) is 17.7 Å². The topological polar surface area (TPSA) is 43.4 Å². The Morgan fingerprint density at radius 2 is 2.21 bits per heavy atom. The fraction of sp³-hybridized carbons (Fsp3) is 0.273. The van der Waals surface area contributed by atoms with Crippen molar-refractivity contribution in [2.24, 2.45) is 0 Å². The monoisotopic (exact) mass is 192 g/mol. The van der Waals surface area contributed by atoms with Gasteiger partial charge in [-0.1, -0.05) is 6.07 Å². The minimum atomic E-state index is -0.0999. The van der Waals surface area contributed by atoms with Gasteiger partial charge in [0.15, 0.2) is 12.1 Å². The summed E-state index contributed by atoms with van der Waals surface area (Å²) in [6.45, 7) is 3.70. The van der Waals surface area contributed by atoms with Gasteiger partial charge in [0.2, 0.25) is 0 Å². The summed E-state index contributed by atoms with van der Waals surface area (Å²) in [4.78, 5) is 21.9. The summed E-state index contributed by atoms with van der Waals surface area (Å²) >= 11 is 0. The van der Waals surface area contributed by atoms with Crippen molar-refractivity contribution in [2.45, 2.75) is 13.8 Å². The van der Waals surface area contributed by atoms with Crippen molar-refractivity contribution in [3.05, 3.63) is 29.3 Å². The summed E-state index contributed by atoms with van der Waals surface area (Å²) in [7, 11) is 0. The highest BCUT2D eigenvalue weighted by atomic mass is 16.5. The minimum absolute atomic E-state index is 0.0999. The number of aldehydes is 1. The van der Waals surface area contributed by atoms with Gasteiger partial charge in [-0.15, -0.1) is 0 Å². The number of ketones is 1. The number of hydrogen-bond acceptors (Lipinski definition) is 3. The molecular formula is C11H12O3. The van der Waals surface area contributed by atoms with Crippen molar-refractivity contribution in [3.63, 3.8) is 0 Å². The maximum Gasteiger partial charge on any atom is 0.163 e. The predicted octanol–water partition coefficient (Wildman–Crippen LogP) is 2.10. The molecule has 74 valence electrons. The van der Waals surface area contributed by atoms with Crippen molar-refractivity contribution in [3.8, 4) is 5.75 Å². The SMILES string of the molecule is CCOc1c(C=O)cccc1C(C)=O. The maximum atomic E-state index is 11.2. The molecule has 0 aliphatic heterocycles. The average molecular weight is 192 g/mol. The Hall–Kier alpha value is -1.64. The number of benzene rings is 1. The summed E-state index contributed by atoms with van der Waals surface area (Å²) < 4.78 is 5.27. The van der Waals surface area contributed by atoms with Gasteiger partial charge >= 0.3 is 0 Å². The predicted molar refractivity (Wildman–Crippen MR) is 53.0 cm³/mol. The van der Waals surface area contributed by atoms with Gasteiger partial charge in [0, 0.05) is 0 Å². The van der Waals surface area contributed by atoms with E-state index in [0.717, 1.165) is 0 Å². The largest absolute Gasteiger partial charge is 0.492 e. The molecule has 0 heterocycles. The normalized spacial score (nSPS) is 9.57. The van der Waals surface area contributed by atoms with Crippen LogP contribution in [-0.2, 0) is 0 Å². The van der Waals surface area contributed by atoms with E-state index in [1.54, 1.807) is 18.2 Å². The lowest BCUT2D eigenvalue weighted by molar-refractivity contribution is 0.101. The van der Waals surface area contributed by atoms with E-state index in [2.05, 4.69) is 0 Å². The first-order valence-electron chi connectivity index (χ1n) is 4.42. The zero-order valence-electron chi connectivity index (χ0n) is 8.24. The summed E-state index contributed by atoms with van der Waals surface area (Å²) in [5.41, 5.74) is 0.871. The van der Waals surface area contributed by atoms with Gasteiger partial charge in [0.1, 0.15) is 5.75 Å². The molecule has 0 aliphatic carbocycles. The molecular weight excluding hydrogens is 180 g/mol. The highest BCUT2D eigenvalue weighted by Gasteiger charge is 2.11. The highest BCUT2D eigenvalue weighted by Crippen LogP contribution is 2.23. The third-order valence-corrected chi connectivity index (χ3v) is 1.84. The molecule has 0 bridgehead atoms. The van der Waals surface area contributed by atoms with Crippen LogP contribution in [0.15, 0.2) is 18.2 Å². The second-order valence-electron chi connectivity index (χ2n) is 2.83. The quantitative estimate of drug-likeness (QED) is 0.542. The molecule has 0 N–H and O–H groups in total. The Bertz CT molecular complexity index is 356. The summed E-state index contributed by atoms with van der Waals surface area (Å²) in [5, 5.41) is 0. The number of carbonyl (C=O) groups excluding carboxylic acids is 2. The van der Waals surface area contributed by atoms with Gasteiger partial charge < -0.3 is 4.74 Å². The lowest BCUT2D eigenvalue weighted by Gasteiger charge is -2.09. The number of para-hydroxylation sites is 1. The number of ether oxygens (including phenoxy) is 1. The molecule has 0 unspecified atom stereocenters. The van der Waals surface area contributed by atoms with Crippen molar-refractivity contribution in [1.29, 1.82) is 0 Å². The fourth-order valence-corrected chi connectivity index (χ4v) is 1.23. The molecule has 0 aliphatic rings. The first-order valence-corrected chi connectivity index (χ1v) is 4.42. The average Bonchev–Trinajstić information content (AvgIpc) is 2.18. The van der Waals surface area contributed by atoms with Crippen LogP contribution >= 0.6 is 0 Å². The molecule has 0 saturated carbocycles. The molecule has 0 fully saturated rings. The molecule has 0 atom stereocenters. The van der Waals surface area contributed by atoms with E-state index in [1.165, 1.54) is 6.92 Å². The van der Waals surface area contributed by atoms with E-state index in [9.17, 15) is 9.59 Å². The van der Waals surface area contributed by atoms with Crippen molar-refractivity contribution < 1.29 is 14.3 Å². The van der Waals surface area contributed by atoms with Crippen LogP contribution in [0.1, 0.15) is 34.6 Å². The van der Waals surface area contributed by atoms with Crippen LogP contribution in [0, 0.1) is 0 Å². The van der Waals surface area contributed by atoms with E-state index in [4.69, 9.17) is 4.74 Å². The molecule has 1 aromatic rings. The van der Waals surface area contributed by atoms with Crippen molar-refractivity contribution >= 4 is 12.1 Å². The molecule has 0 saturated heterocycles. The molecule has 0 amide bonds. The third kappa shape index (κ3) is 1.99. The molecule has 1 rings (SSSR count). The van der Waals surface area contributed by atoms with E-state index in [-0.39, 0.29) is 5.78 Å². The molecule has 0 aromatic heterocycles. The van der Waals surface area contributed by atoms with Gasteiger partial charge in [-0.2, -0.15) is 0 Å². The second kappa shape index (κ2) is 4.56. The number of carbonyl (C=O) groups is 2. The van der Waals surface area contributed by atoms with Gasteiger partial charge in [-0.3, -0.25) is 9.59 Å². The lowest BCUT2D eigenvalue weighted by atomic mass is 10.1. The number of Topliss-reactive ketones (excluding diaryl/α,β-unsaturated/α-hetero) is 1. The first-order chi connectivity index (χ1) is 6.70. The van der Waals surface area contributed by atoms with Gasteiger partial charge in [-0.25, -0.2) is 0 Å². The minimum Gasteiger partial charge on any atom is -0.492 e. The Kier molecular flexibility index (Phi) is 3.40. The van der Waals surface area contributed by atoms with Crippen LogP contribution in [0.2, 0.25) is 0 Å². The molecule has 3 heteroatoms. The number of hydrogen-bond donors (Lipinski definition) is 0. The Morgan fingerprint density at radius 3 is 2.71 bits per heavy atom. The molecule has 1 aromatic carbocycles. The molecule has 3 nitrogen and oxygen atoms in total. The van der Waals surface area contributed by atoms with E-state index >= 15 is 0 Å². The van der Waals surface area contributed by atoms with Crippen molar-refractivity contribution in [2.75, 3.05) is 6.61 Å². The van der Waals surface area contributed by atoms with Crippen LogP contribution in [0.25, 0.3) is 0 Å². The molecule has 14 heavy (non-hydrogen) atoms. The van der Waals surface area contributed by atoms with E-state index in [1.807, 2.05) is 6.92 Å². The summed E-state index contributed by atoms with van der Waals surface area (Å²) in [5.74, 6) is 0.287. The van der Waals surface area contributed by atoms with Crippen LogP contribution in [-0.4, -0.2) is 18.7 Å². The van der Waals surface area contributed by atoms with Crippen LogP contribution in [0.4, 0.5) is 0 Å².